The predicted molar refractivity (Wildman–Crippen MR) is 132 cm³/mol. The minimum absolute atomic E-state index is 0.0357. The summed E-state index contributed by atoms with van der Waals surface area (Å²) in [4.78, 5) is 45.8. The molecule has 1 N–H and O–H groups in total. The Labute approximate surface area is 206 Å². The SMILES string of the molecule is CO[C@H]1CN(C)C(=O)c2ccc(NC(C)=O)cc2OC[C@H](C)N(C(=O)Cc2ccccn2)C[C@@H]1C. The summed E-state index contributed by atoms with van der Waals surface area (Å²) in [7, 11) is 3.33. The number of hydrogen-bond donors (Lipinski definition) is 1. The van der Waals surface area contributed by atoms with E-state index in [0.29, 0.717) is 35.8 Å². The Morgan fingerprint density at radius 2 is 1.97 bits per heavy atom. The molecule has 35 heavy (non-hydrogen) atoms. The van der Waals surface area contributed by atoms with E-state index < -0.39 is 0 Å². The van der Waals surface area contributed by atoms with Crippen LogP contribution in [-0.4, -0.2) is 78.5 Å². The van der Waals surface area contributed by atoms with Crippen molar-refractivity contribution < 1.29 is 23.9 Å². The molecule has 0 bridgehead atoms. The number of pyridine rings is 1. The number of hydrogen-bond acceptors (Lipinski definition) is 6. The highest BCUT2D eigenvalue weighted by molar-refractivity contribution is 5.98. The van der Waals surface area contributed by atoms with Gasteiger partial charge in [-0.1, -0.05) is 13.0 Å². The van der Waals surface area contributed by atoms with Crippen LogP contribution in [0, 0.1) is 5.92 Å². The Morgan fingerprint density at radius 1 is 1.20 bits per heavy atom. The topological polar surface area (TPSA) is 101 Å². The number of rotatable bonds is 4. The fraction of sp³-hybridized carbons (Fsp3) is 0.462. The molecule has 0 aliphatic carbocycles. The van der Waals surface area contributed by atoms with Gasteiger partial charge in [-0.15, -0.1) is 0 Å². The van der Waals surface area contributed by atoms with Gasteiger partial charge in [0.15, 0.2) is 0 Å². The first kappa shape index (κ1) is 26.2. The van der Waals surface area contributed by atoms with E-state index in [1.165, 1.54) is 6.92 Å². The Bertz CT molecular complexity index is 1050. The van der Waals surface area contributed by atoms with Crippen LogP contribution in [0.15, 0.2) is 42.6 Å². The molecule has 0 radical (unpaired) electrons. The van der Waals surface area contributed by atoms with Crippen molar-refractivity contribution in [3.05, 3.63) is 53.9 Å². The number of methoxy groups -OCH3 is 1. The molecular weight excluding hydrogens is 448 g/mol. The molecule has 2 aromatic rings. The van der Waals surface area contributed by atoms with Crippen LogP contribution in [0.4, 0.5) is 5.69 Å². The molecule has 3 rings (SSSR count). The van der Waals surface area contributed by atoms with E-state index >= 15 is 0 Å². The van der Waals surface area contributed by atoms with E-state index in [9.17, 15) is 14.4 Å². The Hall–Kier alpha value is -3.46. The number of likely N-dealkylation sites (N-methyl/N-ethyl adjacent to an activating group) is 1. The van der Waals surface area contributed by atoms with Crippen molar-refractivity contribution in [3.63, 3.8) is 0 Å². The average Bonchev–Trinajstić information content (AvgIpc) is 2.83. The monoisotopic (exact) mass is 482 g/mol. The van der Waals surface area contributed by atoms with E-state index in [0.717, 1.165) is 0 Å². The van der Waals surface area contributed by atoms with Crippen LogP contribution in [0.3, 0.4) is 0 Å². The van der Waals surface area contributed by atoms with Gasteiger partial charge >= 0.3 is 0 Å². The summed E-state index contributed by atoms with van der Waals surface area (Å²) < 4.78 is 11.8. The van der Waals surface area contributed by atoms with Crippen molar-refractivity contribution in [3.8, 4) is 5.75 Å². The smallest absolute Gasteiger partial charge is 0.257 e. The maximum atomic E-state index is 13.4. The van der Waals surface area contributed by atoms with Gasteiger partial charge in [0.05, 0.1) is 24.1 Å². The molecule has 1 aromatic carbocycles. The summed E-state index contributed by atoms with van der Waals surface area (Å²) in [5.74, 6) is -0.181. The molecule has 3 amide bonds. The average molecular weight is 483 g/mol. The number of benzene rings is 1. The highest BCUT2D eigenvalue weighted by Crippen LogP contribution is 2.27. The molecule has 0 saturated carbocycles. The van der Waals surface area contributed by atoms with Gasteiger partial charge in [0.25, 0.3) is 5.91 Å². The van der Waals surface area contributed by atoms with Crippen LogP contribution in [0.2, 0.25) is 0 Å². The molecule has 188 valence electrons. The van der Waals surface area contributed by atoms with Crippen molar-refractivity contribution in [1.29, 1.82) is 0 Å². The van der Waals surface area contributed by atoms with Crippen LogP contribution in [-0.2, 0) is 20.7 Å². The van der Waals surface area contributed by atoms with Crippen LogP contribution in [0.5, 0.6) is 5.75 Å². The normalized spacial score (nSPS) is 21.3. The van der Waals surface area contributed by atoms with Crippen molar-refractivity contribution in [2.75, 3.05) is 39.2 Å². The number of nitrogens with one attached hydrogen (secondary N) is 1. The predicted octanol–water partition coefficient (Wildman–Crippen LogP) is 2.62. The maximum Gasteiger partial charge on any atom is 0.257 e. The van der Waals surface area contributed by atoms with Gasteiger partial charge in [-0.2, -0.15) is 0 Å². The Morgan fingerprint density at radius 3 is 2.63 bits per heavy atom. The number of aromatic nitrogens is 1. The van der Waals surface area contributed by atoms with E-state index in [1.54, 1.807) is 48.4 Å². The molecule has 0 fully saturated rings. The van der Waals surface area contributed by atoms with Gasteiger partial charge in [0.1, 0.15) is 12.4 Å². The quantitative estimate of drug-likeness (QED) is 0.719. The number of ether oxygens (including phenoxy) is 2. The van der Waals surface area contributed by atoms with E-state index in [-0.39, 0.29) is 48.8 Å². The van der Waals surface area contributed by atoms with Gasteiger partial charge in [0, 0.05) is 63.7 Å². The molecule has 1 aliphatic heterocycles. The first-order valence-corrected chi connectivity index (χ1v) is 11.7. The second-order valence-corrected chi connectivity index (χ2v) is 9.03. The zero-order valence-electron chi connectivity index (χ0n) is 21.0. The van der Waals surface area contributed by atoms with Crippen LogP contribution < -0.4 is 10.1 Å². The van der Waals surface area contributed by atoms with Crippen molar-refractivity contribution in [1.82, 2.24) is 14.8 Å². The number of carbonyl (C=O) groups is 3. The highest BCUT2D eigenvalue weighted by Gasteiger charge is 2.30. The molecule has 0 saturated heterocycles. The molecule has 0 unspecified atom stereocenters. The minimum atomic E-state index is -0.282. The van der Waals surface area contributed by atoms with Crippen LogP contribution >= 0.6 is 0 Å². The van der Waals surface area contributed by atoms with Gasteiger partial charge in [0.2, 0.25) is 11.8 Å². The molecule has 3 atom stereocenters. The second-order valence-electron chi connectivity index (χ2n) is 9.03. The van der Waals surface area contributed by atoms with Gasteiger partial charge in [-0.05, 0) is 31.2 Å². The number of carbonyl (C=O) groups excluding carboxylic acids is 3. The van der Waals surface area contributed by atoms with Crippen molar-refractivity contribution >= 4 is 23.4 Å². The lowest BCUT2D eigenvalue weighted by Gasteiger charge is -2.36. The van der Waals surface area contributed by atoms with E-state index in [1.807, 2.05) is 32.0 Å². The summed E-state index contributed by atoms with van der Waals surface area (Å²) in [5.41, 5.74) is 1.60. The molecular formula is C26H34N4O5. The molecule has 9 nitrogen and oxygen atoms in total. The molecule has 1 aromatic heterocycles. The lowest BCUT2D eigenvalue weighted by atomic mass is 10.0. The van der Waals surface area contributed by atoms with Crippen molar-refractivity contribution in [2.45, 2.75) is 39.3 Å². The number of nitrogens with zero attached hydrogens (tertiary/aromatic N) is 3. The zero-order chi connectivity index (χ0) is 25.5. The van der Waals surface area contributed by atoms with Gasteiger partial charge < -0.3 is 24.6 Å². The van der Waals surface area contributed by atoms with Crippen LogP contribution in [0.1, 0.15) is 36.8 Å². The maximum absolute atomic E-state index is 13.4. The van der Waals surface area contributed by atoms with Gasteiger partial charge in [-0.3, -0.25) is 19.4 Å². The zero-order valence-corrected chi connectivity index (χ0v) is 21.0. The lowest BCUT2D eigenvalue weighted by molar-refractivity contribution is -0.134. The highest BCUT2D eigenvalue weighted by atomic mass is 16.5. The third kappa shape index (κ3) is 6.79. The Kier molecular flexibility index (Phi) is 8.81. The summed E-state index contributed by atoms with van der Waals surface area (Å²) >= 11 is 0. The molecule has 1 aliphatic rings. The standard InChI is InChI=1S/C26H34N4O5/c1-17-14-30(25(32)13-20-8-6-7-11-27-20)18(2)16-35-23-12-21(28-19(3)31)9-10-22(23)26(33)29(4)15-24(17)34-5/h6-12,17-18,24H,13-16H2,1-5H3,(H,28,31)/t17-,18-,24-/m0/s1. The number of fused-ring (bicyclic) bond motifs is 1. The summed E-state index contributed by atoms with van der Waals surface area (Å²) in [6, 6.07) is 10.2. The minimum Gasteiger partial charge on any atom is -0.491 e. The van der Waals surface area contributed by atoms with Crippen LogP contribution in [0.25, 0.3) is 0 Å². The molecule has 0 spiro atoms. The van der Waals surface area contributed by atoms with E-state index in [2.05, 4.69) is 10.3 Å². The molecule has 9 heteroatoms. The van der Waals surface area contributed by atoms with Gasteiger partial charge in [-0.25, -0.2) is 0 Å². The third-order valence-corrected chi connectivity index (χ3v) is 6.15. The summed E-state index contributed by atoms with van der Waals surface area (Å²) in [6.45, 7) is 6.31. The van der Waals surface area contributed by atoms with E-state index in [4.69, 9.17) is 9.47 Å². The second kappa shape index (κ2) is 11.8. The lowest BCUT2D eigenvalue weighted by Crippen LogP contribution is -2.49. The first-order chi connectivity index (χ1) is 16.7. The van der Waals surface area contributed by atoms with Crippen molar-refractivity contribution in [2.24, 2.45) is 5.92 Å². The third-order valence-electron chi connectivity index (χ3n) is 6.15. The number of amides is 3. The largest absolute Gasteiger partial charge is 0.491 e. The fourth-order valence-electron chi connectivity index (χ4n) is 4.16. The Balaban J connectivity index is 1.94. The fourth-order valence-corrected chi connectivity index (χ4v) is 4.16. The first-order valence-electron chi connectivity index (χ1n) is 11.7. The molecule has 2 heterocycles. The summed E-state index contributed by atoms with van der Waals surface area (Å²) in [6.07, 6.45) is 1.58. The number of anilines is 1. The summed E-state index contributed by atoms with van der Waals surface area (Å²) in [5, 5.41) is 2.72.